The van der Waals surface area contributed by atoms with Crippen LogP contribution in [0.25, 0.3) is 0 Å². The van der Waals surface area contributed by atoms with E-state index in [0.29, 0.717) is 0 Å². The van der Waals surface area contributed by atoms with Gasteiger partial charge in [0.25, 0.3) is 0 Å². The molecule has 0 fully saturated rings. The van der Waals surface area contributed by atoms with Crippen molar-refractivity contribution in [3.05, 3.63) is 29.1 Å². The lowest BCUT2D eigenvalue weighted by Crippen LogP contribution is -2.18. The van der Waals surface area contributed by atoms with E-state index in [1.54, 1.807) is 0 Å². The van der Waals surface area contributed by atoms with Gasteiger partial charge < -0.3 is 20.4 Å². The van der Waals surface area contributed by atoms with Crippen molar-refractivity contribution >= 4 is 11.8 Å². The van der Waals surface area contributed by atoms with Crippen LogP contribution in [-0.2, 0) is 4.74 Å². The zero-order valence-electron chi connectivity index (χ0n) is 9.23. The number of rotatable bonds is 3. The maximum atomic E-state index is 13.9. The third-order valence-electron chi connectivity index (χ3n) is 2.10. The minimum atomic E-state index is -0.966. The number of amidine groups is 1. The largest absolute Gasteiger partial charge is 0.496 e. The summed E-state index contributed by atoms with van der Waals surface area (Å²) in [6, 6.07) is 2.55. The first-order chi connectivity index (χ1) is 8.06. The molecule has 92 valence electrons. The minimum absolute atomic E-state index is 0.00356. The Labute approximate surface area is 96.4 Å². The summed E-state index contributed by atoms with van der Waals surface area (Å²) in [6.07, 6.45) is 0. The molecule has 0 saturated carbocycles. The van der Waals surface area contributed by atoms with Gasteiger partial charge in [-0.15, -0.1) is 0 Å². The van der Waals surface area contributed by atoms with Crippen molar-refractivity contribution < 1.29 is 23.9 Å². The molecule has 0 aliphatic heterocycles. The van der Waals surface area contributed by atoms with Gasteiger partial charge in [0.15, 0.2) is 11.7 Å². The summed E-state index contributed by atoms with van der Waals surface area (Å²) in [7, 11) is 2.39. The number of nitrogens with zero attached hydrogens (tertiary/aromatic N) is 1. The molecule has 0 saturated heterocycles. The lowest BCUT2D eigenvalue weighted by molar-refractivity contribution is 0.0591. The van der Waals surface area contributed by atoms with Crippen LogP contribution < -0.4 is 10.5 Å². The number of ether oxygens (including phenoxy) is 2. The van der Waals surface area contributed by atoms with Crippen LogP contribution in [0.2, 0.25) is 0 Å². The van der Waals surface area contributed by atoms with Crippen LogP contribution in [0, 0.1) is 5.82 Å². The highest BCUT2D eigenvalue weighted by molar-refractivity contribution is 6.01. The summed E-state index contributed by atoms with van der Waals surface area (Å²) in [5.41, 5.74) is 4.65. The van der Waals surface area contributed by atoms with E-state index in [2.05, 4.69) is 9.89 Å². The summed E-state index contributed by atoms with van der Waals surface area (Å²) in [6.45, 7) is 0. The normalized spacial score (nSPS) is 11.1. The second kappa shape index (κ2) is 5.15. The van der Waals surface area contributed by atoms with Gasteiger partial charge in [-0.2, -0.15) is 0 Å². The third-order valence-corrected chi connectivity index (χ3v) is 2.10. The van der Waals surface area contributed by atoms with E-state index in [1.807, 2.05) is 0 Å². The van der Waals surface area contributed by atoms with Crippen LogP contribution in [0.3, 0.4) is 0 Å². The van der Waals surface area contributed by atoms with Gasteiger partial charge in [0.1, 0.15) is 11.3 Å². The minimum Gasteiger partial charge on any atom is -0.496 e. The summed E-state index contributed by atoms with van der Waals surface area (Å²) in [5.74, 6) is -2.32. The van der Waals surface area contributed by atoms with Crippen LogP contribution in [0.5, 0.6) is 5.75 Å². The number of methoxy groups -OCH3 is 2. The Morgan fingerprint density at radius 1 is 1.47 bits per heavy atom. The molecule has 0 amide bonds. The second-order valence-electron chi connectivity index (χ2n) is 2.98. The molecule has 1 aromatic carbocycles. The molecule has 0 spiro atoms. The molecule has 0 heterocycles. The summed E-state index contributed by atoms with van der Waals surface area (Å²) in [4.78, 5) is 11.4. The van der Waals surface area contributed by atoms with Gasteiger partial charge in [-0.3, -0.25) is 0 Å². The molecule has 0 aliphatic carbocycles. The van der Waals surface area contributed by atoms with Crippen molar-refractivity contribution in [3.63, 3.8) is 0 Å². The van der Waals surface area contributed by atoms with Crippen LogP contribution >= 0.6 is 0 Å². The number of halogens is 1. The second-order valence-corrected chi connectivity index (χ2v) is 2.98. The van der Waals surface area contributed by atoms with Crippen molar-refractivity contribution in [1.82, 2.24) is 0 Å². The molecule has 0 aliphatic rings. The Hall–Kier alpha value is -2.31. The number of nitrogens with two attached hydrogens (primary N) is 1. The topological polar surface area (TPSA) is 94.1 Å². The molecular weight excluding hydrogens is 231 g/mol. The fourth-order valence-electron chi connectivity index (χ4n) is 1.27. The van der Waals surface area contributed by atoms with Gasteiger partial charge in [0, 0.05) is 0 Å². The van der Waals surface area contributed by atoms with Crippen molar-refractivity contribution in [2.75, 3.05) is 14.2 Å². The Kier molecular flexibility index (Phi) is 3.86. The summed E-state index contributed by atoms with van der Waals surface area (Å²) >= 11 is 0. The van der Waals surface area contributed by atoms with Crippen molar-refractivity contribution in [1.29, 1.82) is 0 Å². The number of hydrogen-bond donors (Lipinski definition) is 2. The molecule has 17 heavy (non-hydrogen) atoms. The molecule has 1 rings (SSSR count). The number of carbonyl (C=O) groups is 1. The number of benzene rings is 1. The van der Waals surface area contributed by atoms with Gasteiger partial charge in [0.05, 0.1) is 19.8 Å². The fraction of sp³-hybridized carbons (Fsp3) is 0.200. The average molecular weight is 242 g/mol. The van der Waals surface area contributed by atoms with Crippen molar-refractivity contribution in [2.24, 2.45) is 10.9 Å². The smallest absolute Gasteiger partial charge is 0.344 e. The van der Waals surface area contributed by atoms with E-state index in [0.717, 1.165) is 7.11 Å². The zero-order valence-corrected chi connectivity index (χ0v) is 9.23. The Morgan fingerprint density at radius 2 is 2.12 bits per heavy atom. The number of hydrogen-bond acceptors (Lipinski definition) is 5. The highest BCUT2D eigenvalue weighted by Crippen LogP contribution is 2.25. The third kappa shape index (κ3) is 2.27. The van der Waals surface area contributed by atoms with E-state index in [-0.39, 0.29) is 11.3 Å². The van der Waals surface area contributed by atoms with Crippen LogP contribution in [0.15, 0.2) is 17.3 Å². The van der Waals surface area contributed by atoms with Crippen molar-refractivity contribution in [3.8, 4) is 5.75 Å². The number of esters is 1. The molecule has 0 bridgehead atoms. The van der Waals surface area contributed by atoms with Gasteiger partial charge in [0.2, 0.25) is 0 Å². The molecule has 1 aromatic rings. The molecule has 6 nitrogen and oxygen atoms in total. The van der Waals surface area contributed by atoms with Crippen LogP contribution in [0.4, 0.5) is 4.39 Å². The highest BCUT2D eigenvalue weighted by atomic mass is 19.1. The van der Waals surface area contributed by atoms with Crippen LogP contribution in [0.1, 0.15) is 15.9 Å². The zero-order chi connectivity index (χ0) is 13.0. The molecule has 3 N–H and O–H groups in total. The maximum Gasteiger partial charge on any atom is 0.344 e. The molecule has 0 atom stereocenters. The summed E-state index contributed by atoms with van der Waals surface area (Å²) < 4.78 is 23.2. The molecule has 7 heteroatoms. The maximum absolute atomic E-state index is 13.9. The van der Waals surface area contributed by atoms with Crippen molar-refractivity contribution in [2.45, 2.75) is 0 Å². The van der Waals surface area contributed by atoms with Gasteiger partial charge in [-0.1, -0.05) is 5.16 Å². The lowest BCUT2D eigenvalue weighted by atomic mass is 10.1. The predicted molar refractivity (Wildman–Crippen MR) is 56.8 cm³/mol. The van der Waals surface area contributed by atoms with Gasteiger partial charge in [-0.05, 0) is 12.1 Å². The van der Waals surface area contributed by atoms with E-state index in [4.69, 9.17) is 15.7 Å². The van der Waals surface area contributed by atoms with E-state index >= 15 is 0 Å². The molecule has 0 aromatic heterocycles. The molecule has 0 radical (unpaired) electrons. The first-order valence-corrected chi connectivity index (χ1v) is 4.49. The lowest BCUT2D eigenvalue weighted by Gasteiger charge is -2.10. The molecule has 0 unspecified atom stereocenters. The number of oxime groups is 1. The first-order valence-electron chi connectivity index (χ1n) is 4.49. The van der Waals surface area contributed by atoms with Gasteiger partial charge in [-0.25, -0.2) is 9.18 Å². The van der Waals surface area contributed by atoms with E-state index < -0.39 is 23.2 Å². The van der Waals surface area contributed by atoms with Crippen LogP contribution in [-0.4, -0.2) is 31.2 Å². The van der Waals surface area contributed by atoms with E-state index in [9.17, 15) is 9.18 Å². The standard InChI is InChI=1S/C10H11FN2O4/c1-16-6-4-3-5(9(12)13-15)8(11)7(6)10(14)17-2/h3-4,15H,1-2H3,(H2,12,13). The Balaban J connectivity index is 3.48. The molecular formula is C10H11FN2O4. The van der Waals surface area contributed by atoms with E-state index in [1.165, 1.54) is 19.2 Å². The quantitative estimate of drug-likeness (QED) is 0.268. The number of carbonyl (C=O) groups excluding carboxylic acids is 1. The predicted octanol–water partition coefficient (Wildman–Crippen LogP) is 0.715. The fourth-order valence-corrected chi connectivity index (χ4v) is 1.27. The first kappa shape index (κ1) is 12.8. The Morgan fingerprint density at radius 3 is 2.59 bits per heavy atom. The SMILES string of the molecule is COC(=O)c1c(OC)ccc(/C(N)=N/O)c1F. The summed E-state index contributed by atoms with van der Waals surface area (Å²) in [5, 5.41) is 11.1. The monoisotopic (exact) mass is 242 g/mol. The highest BCUT2D eigenvalue weighted by Gasteiger charge is 2.23. The Bertz CT molecular complexity index is 474. The van der Waals surface area contributed by atoms with Gasteiger partial charge >= 0.3 is 5.97 Å². The average Bonchev–Trinajstić information content (AvgIpc) is 2.36.